The molecule has 0 aliphatic carbocycles. The first-order valence-electron chi connectivity index (χ1n) is 8.93. The smallest absolute Gasteiger partial charge is 0.336 e. The monoisotopic (exact) mass is 371 g/mol. The maximum Gasteiger partial charge on any atom is 0.336 e. The Morgan fingerprint density at radius 3 is 2.21 bits per heavy atom. The lowest BCUT2D eigenvalue weighted by Gasteiger charge is -2.09. The predicted molar refractivity (Wildman–Crippen MR) is 109 cm³/mol. The van der Waals surface area contributed by atoms with Gasteiger partial charge in [0.05, 0.1) is 16.8 Å². The van der Waals surface area contributed by atoms with Gasteiger partial charge in [-0.2, -0.15) is 0 Å². The van der Waals surface area contributed by atoms with Gasteiger partial charge in [0.15, 0.2) is 0 Å². The standard InChI is InChI=1S/C24H18FNO2/c1-14-3-8-22-20(11-14)21(24(27)28)13-23(26-22)17-6-4-16(5-7-17)18-9-15(2)10-19(25)12-18/h3-13H,1-2H3,(H,27,28). The lowest BCUT2D eigenvalue weighted by Crippen LogP contribution is -2.00. The van der Waals surface area contributed by atoms with Gasteiger partial charge in [-0.05, 0) is 60.9 Å². The zero-order valence-electron chi connectivity index (χ0n) is 15.5. The fraction of sp³-hybridized carbons (Fsp3) is 0.0833. The Labute approximate surface area is 162 Å². The summed E-state index contributed by atoms with van der Waals surface area (Å²) in [6.07, 6.45) is 0. The molecule has 0 atom stereocenters. The van der Waals surface area contributed by atoms with E-state index < -0.39 is 5.97 Å². The van der Waals surface area contributed by atoms with Gasteiger partial charge in [-0.25, -0.2) is 14.2 Å². The summed E-state index contributed by atoms with van der Waals surface area (Å²) in [5.74, 6) is -1.25. The predicted octanol–water partition coefficient (Wildman–Crippen LogP) is 6.02. The lowest BCUT2D eigenvalue weighted by molar-refractivity contribution is 0.0699. The van der Waals surface area contributed by atoms with Gasteiger partial charge in [0, 0.05) is 10.9 Å². The molecule has 0 aliphatic rings. The number of rotatable bonds is 3. The molecule has 28 heavy (non-hydrogen) atoms. The normalized spacial score (nSPS) is 11.0. The van der Waals surface area contributed by atoms with Crippen LogP contribution >= 0.6 is 0 Å². The van der Waals surface area contributed by atoms with Gasteiger partial charge in [-0.1, -0.05) is 42.0 Å². The molecule has 0 unspecified atom stereocenters. The summed E-state index contributed by atoms with van der Waals surface area (Å²) in [5, 5.41) is 10.3. The molecule has 4 heteroatoms. The van der Waals surface area contributed by atoms with Crippen LogP contribution in [0.15, 0.2) is 66.7 Å². The van der Waals surface area contributed by atoms with Crippen molar-refractivity contribution in [3.63, 3.8) is 0 Å². The van der Waals surface area contributed by atoms with Gasteiger partial charge in [0.2, 0.25) is 0 Å². The summed E-state index contributed by atoms with van der Waals surface area (Å²) in [6, 6.07) is 19.7. The zero-order valence-corrected chi connectivity index (χ0v) is 15.5. The first-order chi connectivity index (χ1) is 13.4. The zero-order chi connectivity index (χ0) is 19.8. The van der Waals surface area contributed by atoms with Crippen LogP contribution in [0, 0.1) is 19.7 Å². The van der Waals surface area contributed by atoms with E-state index >= 15 is 0 Å². The Morgan fingerprint density at radius 1 is 0.821 bits per heavy atom. The minimum absolute atomic E-state index is 0.230. The van der Waals surface area contributed by atoms with E-state index in [-0.39, 0.29) is 11.4 Å². The number of carboxylic acid groups (broad SMARTS) is 1. The molecule has 0 fully saturated rings. The SMILES string of the molecule is Cc1cc(F)cc(-c2ccc(-c3cc(C(=O)O)c4cc(C)ccc4n3)cc2)c1. The third-order valence-corrected chi connectivity index (χ3v) is 4.75. The fourth-order valence-electron chi connectivity index (χ4n) is 3.40. The average molecular weight is 371 g/mol. The van der Waals surface area contributed by atoms with E-state index in [0.717, 1.165) is 27.8 Å². The quantitative estimate of drug-likeness (QED) is 0.479. The van der Waals surface area contributed by atoms with Crippen LogP contribution in [0.25, 0.3) is 33.3 Å². The van der Waals surface area contributed by atoms with Crippen LogP contribution in [-0.4, -0.2) is 16.1 Å². The third kappa shape index (κ3) is 3.37. The first kappa shape index (κ1) is 17.9. The van der Waals surface area contributed by atoms with Crippen molar-refractivity contribution in [3.05, 3.63) is 89.2 Å². The summed E-state index contributed by atoms with van der Waals surface area (Å²) >= 11 is 0. The van der Waals surface area contributed by atoms with Crippen molar-refractivity contribution < 1.29 is 14.3 Å². The number of halogens is 1. The molecule has 0 bridgehead atoms. The Kier molecular flexibility index (Phi) is 4.40. The van der Waals surface area contributed by atoms with Crippen molar-refractivity contribution >= 4 is 16.9 Å². The lowest BCUT2D eigenvalue weighted by atomic mass is 9.99. The molecule has 0 spiro atoms. The molecule has 0 aliphatic heterocycles. The van der Waals surface area contributed by atoms with Crippen molar-refractivity contribution in [2.75, 3.05) is 0 Å². The highest BCUT2D eigenvalue weighted by atomic mass is 19.1. The van der Waals surface area contributed by atoms with Crippen LogP contribution in [0.4, 0.5) is 4.39 Å². The number of aromatic nitrogens is 1. The van der Waals surface area contributed by atoms with Gasteiger partial charge in [-0.3, -0.25) is 0 Å². The van der Waals surface area contributed by atoms with E-state index in [1.807, 2.05) is 62.4 Å². The van der Waals surface area contributed by atoms with Gasteiger partial charge in [0.1, 0.15) is 5.82 Å². The number of nitrogens with zero attached hydrogens (tertiary/aromatic N) is 1. The minimum atomic E-state index is -0.980. The van der Waals surface area contributed by atoms with Gasteiger partial charge >= 0.3 is 5.97 Å². The highest BCUT2D eigenvalue weighted by Gasteiger charge is 2.13. The van der Waals surface area contributed by atoms with E-state index in [1.54, 1.807) is 6.07 Å². The number of hydrogen-bond acceptors (Lipinski definition) is 2. The van der Waals surface area contributed by atoms with E-state index in [1.165, 1.54) is 12.1 Å². The molecule has 3 nitrogen and oxygen atoms in total. The highest BCUT2D eigenvalue weighted by molar-refractivity contribution is 6.04. The van der Waals surface area contributed by atoms with Crippen molar-refractivity contribution in [3.8, 4) is 22.4 Å². The maximum absolute atomic E-state index is 13.7. The number of carboxylic acids is 1. The number of aromatic carboxylic acids is 1. The van der Waals surface area contributed by atoms with E-state index in [9.17, 15) is 14.3 Å². The summed E-state index contributed by atoms with van der Waals surface area (Å²) < 4.78 is 13.7. The summed E-state index contributed by atoms with van der Waals surface area (Å²) in [7, 11) is 0. The second-order valence-electron chi connectivity index (χ2n) is 6.98. The van der Waals surface area contributed by atoms with E-state index in [4.69, 9.17) is 0 Å². The first-order valence-corrected chi connectivity index (χ1v) is 8.93. The van der Waals surface area contributed by atoms with E-state index in [0.29, 0.717) is 16.6 Å². The average Bonchev–Trinajstić information content (AvgIpc) is 2.66. The second-order valence-corrected chi connectivity index (χ2v) is 6.98. The molecule has 0 amide bonds. The minimum Gasteiger partial charge on any atom is -0.478 e. The molecule has 4 aromatic rings. The molecule has 0 radical (unpaired) electrons. The molecule has 1 aromatic heterocycles. The van der Waals surface area contributed by atoms with Gasteiger partial charge in [-0.15, -0.1) is 0 Å². The number of pyridine rings is 1. The molecular formula is C24H18FNO2. The van der Waals surface area contributed by atoms with Crippen molar-refractivity contribution in [2.45, 2.75) is 13.8 Å². The van der Waals surface area contributed by atoms with Crippen LogP contribution < -0.4 is 0 Å². The maximum atomic E-state index is 13.7. The van der Waals surface area contributed by atoms with Crippen LogP contribution in [0.5, 0.6) is 0 Å². The van der Waals surface area contributed by atoms with Crippen LogP contribution in [-0.2, 0) is 0 Å². The molecule has 1 heterocycles. The Balaban J connectivity index is 1.80. The van der Waals surface area contributed by atoms with Gasteiger partial charge < -0.3 is 5.11 Å². The van der Waals surface area contributed by atoms with Crippen molar-refractivity contribution in [1.29, 1.82) is 0 Å². The van der Waals surface area contributed by atoms with Gasteiger partial charge in [0.25, 0.3) is 0 Å². The molecule has 4 rings (SSSR count). The number of aryl methyl sites for hydroxylation is 2. The summed E-state index contributed by atoms with van der Waals surface area (Å²) in [5.41, 5.74) is 5.81. The fourth-order valence-corrected chi connectivity index (χ4v) is 3.40. The topological polar surface area (TPSA) is 50.2 Å². The molecular weight excluding hydrogens is 353 g/mol. The Bertz CT molecular complexity index is 1190. The molecule has 3 aromatic carbocycles. The Hall–Kier alpha value is -3.53. The molecule has 1 N–H and O–H groups in total. The number of hydrogen-bond donors (Lipinski definition) is 1. The molecule has 0 saturated carbocycles. The summed E-state index contributed by atoms with van der Waals surface area (Å²) in [6.45, 7) is 3.78. The van der Waals surface area contributed by atoms with Crippen molar-refractivity contribution in [1.82, 2.24) is 4.98 Å². The van der Waals surface area contributed by atoms with Crippen molar-refractivity contribution in [2.24, 2.45) is 0 Å². The van der Waals surface area contributed by atoms with E-state index in [2.05, 4.69) is 4.98 Å². The van der Waals surface area contributed by atoms with Crippen LogP contribution in [0.2, 0.25) is 0 Å². The van der Waals surface area contributed by atoms with Crippen LogP contribution in [0.3, 0.4) is 0 Å². The Morgan fingerprint density at radius 2 is 1.54 bits per heavy atom. The second kappa shape index (κ2) is 6.89. The number of carbonyl (C=O) groups is 1. The third-order valence-electron chi connectivity index (χ3n) is 4.75. The largest absolute Gasteiger partial charge is 0.478 e. The molecule has 138 valence electrons. The molecule has 0 saturated heterocycles. The summed E-state index contributed by atoms with van der Waals surface area (Å²) in [4.78, 5) is 16.4. The number of fused-ring (bicyclic) bond motifs is 1. The van der Waals surface area contributed by atoms with Crippen LogP contribution in [0.1, 0.15) is 21.5 Å². The highest BCUT2D eigenvalue weighted by Crippen LogP contribution is 2.28. The number of benzene rings is 3.